The van der Waals surface area contributed by atoms with Gasteiger partial charge in [0.1, 0.15) is 0 Å². The zero-order valence-corrected chi connectivity index (χ0v) is 6.52. The number of halogens is 2. The number of alkyl halides is 2. The van der Waals surface area contributed by atoms with Gasteiger partial charge in [-0.25, -0.2) is 4.39 Å². The van der Waals surface area contributed by atoms with Gasteiger partial charge in [0.25, 0.3) is 5.91 Å². The maximum absolute atomic E-state index is 13.4. The van der Waals surface area contributed by atoms with Crippen LogP contribution in [-0.2, 0) is 4.79 Å². The third-order valence-electron chi connectivity index (χ3n) is 2.02. The molecule has 70 valence electrons. The molecule has 0 radical (unpaired) electrons. The average molecular weight is 179 g/mol. The summed E-state index contributed by atoms with van der Waals surface area (Å²) < 4.78 is 25.2. The highest BCUT2D eigenvalue weighted by atomic mass is 19.1. The molecule has 5 heteroatoms. The minimum atomic E-state index is -2.11. The van der Waals surface area contributed by atoms with Gasteiger partial charge in [0.15, 0.2) is 5.67 Å². The average Bonchev–Trinajstić information content (AvgIpc) is 2.29. The van der Waals surface area contributed by atoms with Crippen LogP contribution in [0.2, 0.25) is 0 Å². The van der Waals surface area contributed by atoms with Crippen LogP contribution in [0.1, 0.15) is 12.8 Å². The molecule has 2 atom stereocenters. The maximum atomic E-state index is 13.4. The summed E-state index contributed by atoms with van der Waals surface area (Å²) in [6.07, 6.45) is -0.554. The number of aliphatic hydroxyl groups is 1. The Bertz CT molecular complexity index is 188. The van der Waals surface area contributed by atoms with E-state index in [1.807, 2.05) is 0 Å². The minimum Gasteiger partial charge on any atom is -0.394 e. The zero-order valence-electron chi connectivity index (χ0n) is 6.52. The summed E-state index contributed by atoms with van der Waals surface area (Å²) in [5, 5.41) is 10.9. The Labute approximate surface area is 68.8 Å². The molecule has 0 aromatic rings. The lowest BCUT2D eigenvalue weighted by atomic mass is 9.98. The van der Waals surface area contributed by atoms with Crippen molar-refractivity contribution in [2.45, 2.75) is 24.6 Å². The van der Waals surface area contributed by atoms with E-state index in [-0.39, 0.29) is 13.0 Å². The van der Waals surface area contributed by atoms with Crippen molar-refractivity contribution in [2.24, 2.45) is 0 Å². The lowest BCUT2D eigenvalue weighted by Gasteiger charge is -2.12. The quantitative estimate of drug-likeness (QED) is 0.637. The third-order valence-corrected chi connectivity index (χ3v) is 2.02. The Morgan fingerprint density at radius 1 is 1.75 bits per heavy atom. The Morgan fingerprint density at radius 2 is 2.42 bits per heavy atom. The van der Waals surface area contributed by atoms with E-state index in [1.54, 1.807) is 0 Å². The van der Waals surface area contributed by atoms with E-state index in [9.17, 15) is 13.6 Å². The molecule has 1 rings (SSSR count). The minimum absolute atomic E-state index is 0.133. The first-order valence-corrected chi connectivity index (χ1v) is 3.79. The normalized spacial score (nSPS) is 35.2. The first-order valence-electron chi connectivity index (χ1n) is 3.79. The second-order valence-electron chi connectivity index (χ2n) is 2.96. The van der Waals surface area contributed by atoms with Gasteiger partial charge >= 0.3 is 0 Å². The van der Waals surface area contributed by atoms with E-state index in [0.717, 1.165) is 0 Å². The molecule has 1 heterocycles. The summed E-state index contributed by atoms with van der Waals surface area (Å²) in [5.41, 5.74) is -2.11. The molecule has 2 N–H and O–H groups in total. The van der Waals surface area contributed by atoms with Gasteiger partial charge in [-0.3, -0.25) is 9.18 Å². The molecule has 1 aliphatic rings. The number of nitrogens with one attached hydrogen (secondary N) is 1. The van der Waals surface area contributed by atoms with Crippen LogP contribution in [0.4, 0.5) is 8.78 Å². The van der Waals surface area contributed by atoms with Crippen molar-refractivity contribution in [3.63, 3.8) is 0 Å². The van der Waals surface area contributed by atoms with Crippen LogP contribution in [0.5, 0.6) is 0 Å². The number of carbonyl (C=O) groups excluding carboxylic acids is 1. The highest BCUT2D eigenvalue weighted by molar-refractivity contribution is 5.87. The molecular formula is C7H11F2NO2. The van der Waals surface area contributed by atoms with Crippen LogP contribution in [-0.4, -0.2) is 36.0 Å². The molecule has 1 saturated heterocycles. The number of aliphatic hydroxyl groups excluding tert-OH is 1. The number of rotatable bonds is 3. The fourth-order valence-corrected chi connectivity index (χ4v) is 1.32. The van der Waals surface area contributed by atoms with Crippen LogP contribution >= 0.6 is 0 Å². The summed E-state index contributed by atoms with van der Waals surface area (Å²) in [7, 11) is 0. The van der Waals surface area contributed by atoms with Crippen molar-refractivity contribution in [3.05, 3.63) is 0 Å². The zero-order chi connectivity index (χ0) is 9.19. The number of hydrogen-bond acceptors (Lipinski definition) is 2. The van der Waals surface area contributed by atoms with E-state index in [2.05, 4.69) is 5.32 Å². The molecular weight excluding hydrogens is 168 g/mol. The molecule has 1 aliphatic heterocycles. The molecule has 0 aromatic heterocycles. The second-order valence-corrected chi connectivity index (χ2v) is 2.96. The van der Waals surface area contributed by atoms with E-state index >= 15 is 0 Å². The van der Waals surface area contributed by atoms with Crippen LogP contribution in [0, 0.1) is 0 Å². The van der Waals surface area contributed by atoms with E-state index in [1.165, 1.54) is 0 Å². The Kier molecular flexibility index (Phi) is 2.62. The molecule has 2 unspecified atom stereocenters. The molecule has 3 nitrogen and oxygen atoms in total. The molecule has 0 bridgehead atoms. The topological polar surface area (TPSA) is 49.3 Å². The molecule has 0 saturated carbocycles. The van der Waals surface area contributed by atoms with Gasteiger partial charge in [-0.2, -0.15) is 0 Å². The highest BCUT2D eigenvalue weighted by Crippen LogP contribution is 2.28. The second kappa shape index (κ2) is 3.35. The molecule has 0 spiro atoms. The summed E-state index contributed by atoms with van der Waals surface area (Å²) in [6.45, 7) is -1.16. The largest absolute Gasteiger partial charge is 0.394 e. The Balaban J connectivity index is 2.61. The van der Waals surface area contributed by atoms with Crippen molar-refractivity contribution in [3.8, 4) is 0 Å². The van der Waals surface area contributed by atoms with Gasteiger partial charge in [0.2, 0.25) is 0 Å². The number of amides is 1. The predicted octanol–water partition coefficient (Wildman–Crippen LogP) is -0.0649. The maximum Gasteiger partial charge on any atom is 0.258 e. The summed E-state index contributed by atoms with van der Waals surface area (Å²) in [5.74, 6) is -0.806. The first kappa shape index (κ1) is 9.38. The highest BCUT2D eigenvalue weighted by Gasteiger charge is 2.46. The van der Waals surface area contributed by atoms with Crippen LogP contribution in [0.3, 0.4) is 0 Å². The van der Waals surface area contributed by atoms with E-state index < -0.39 is 30.7 Å². The Hall–Kier alpha value is -0.710. The van der Waals surface area contributed by atoms with E-state index in [0.29, 0.717) is 0 Å². The van der Waals surface area contributed by atoms with Crippen molar-refractivity contribution in [1.29, 1.82) is 0 Å². The van der Waals surface area contributed by atoms with Crippen LogP contribution in [0.15, 0.2) is 0 Å². The van der Waals surface area contributed by atoms with E-state index in [4.69, 9.17) is 5.11 Å². The molecule has 0 aromatic carbocycles. The lowest BCUT2D eigenvalue weighted by Crippen LogP contribution is -2.34. The van der Waals surface area contributed by atoms with Crippen molar-refractivity contribution < 1.29 is 18.7 Å². The van der Waals surface area contributed by atoms with Gasteiger partial charge < -0.3 is 10.4 Å². The number of hydrogen-bond donors (Lipinski definition) is 2. The lowest BCUT2D eigenvalue weighted by molar-refractivity contribution is -0.129. The standard InChI is InChI=1S/C7H11F2NO2/c8-2-1-7(9)3-5(4-11)10-6(7)12/h5,11H,1-4H2,(H,10,12). The van der Waals surface area contributed by atoms with Crippen molar-refractivity contribution in [1.82, 2.24) is 5.32 Å². The fourth-order valence-electron chi connectivity index (χ4n) is 1.32. The van der Waals surface area contributed by atoms with Gasteiger partial charge in [0, 0.05) is 12.8 Å². The number of carbonyl (C=O) groups is 1. The van der Waals surface area contributed by atoms with Gasteiger partial charge in [-0.15, -0.1) is 0 Å². The van der Waals surface area contributed by atoms with Gasteiger partial charge in [-0.05, 0) is 0 Å². The SMILES string of the molecule is O=C1NC(CO)CC1(F)CCF. The van der Waals surface area contributed by atoms with Crippen molar-refractivity contribution >= 4 is 5.91 Å². The first-order chi connectivity index (χ1) is 5.62. The van der Waals surface area contributed by atoms with Crippen molar-refractivity contribution in [2.75, 3.05) is 13.3 Å². The fraction of sp³-hybridized carbons (Fsp3) is 0.857. The monoisotopic (exact) mass is 179 g/mol. The molecule has 0 aliphatic carbocycles. The molecule has 1 amide bonds. The van der Waals surface area contributed by atoms with Gasteiger partial charge in [0.05, 0.1) is 19.3 Å². The van der Waals surface area contributed by atoms with Crippen LogP contribution in [0.25, 0.3) is 0 Å². The summed E-state index contributed by atoms with van der Waals surface area (Å²) in [6, 6.07) is -0.561. The summed E-state index contributed by atoms with van der Waals surface area (Å²) in [4.78, 5) is 10.9. The summed E-state index contributed by atoms with van der Waals surface area (Å²) >= 11 is 0. The van der Waals surface area contributed by atoms with Gasteiger partial charge in [-0.1, -0.05) is 0 Å². The predicted molar refractivity (Wildman–Crippen MR) is 38.1 cm³/mol. The molecule has 12 heavy (non-hydrogen) atoms. The van der Waals surface area contributed by atoms with Crippen LogP contribution < -0.4 is 5.32 Å². The molecule has 1 fully saturated rings. The third kappa shape index (κ3) is 1.55. The Morgan fingerprint density at radius 3 is 2.83 bits per heavy atom. The smallest absolute Gasteiger partial charge is 0.258 e.